The summed E-state index contributed by atoms with van der Waals surface area (Å²) >= 11 is 0. The van der Waals surface area contributed by atoms with Gasteiger partial charge in [-0.15, -0.1) is 0 Å². The molecule has 4 aromatic carbocycles. The van der Waals surface area contributed by atoms with E-state index in [-0.39, 0.29) is 0 Å². The van der Waals surface area contributed by atoms with Gasteiger partial charge in [0.25, 0.3) is 0 Å². The summed E-state index contributed by atoms with van der Waals surface area (Å²) in [4.78, 5) is 0. The minimum atomic E-state index is -1.27. The molecule has 0 bridgehead atoms. The first-order chi connectivity index (χ1) is 13.7. The fraction of sp³-hybridized carbons (Fsp3) is 0.0769. The molecular formula is C26H20O2. The van der Waals surface area contributed by atoms with Gasteiger partial charge in [-0.3, -0.25) is 0 Å². The monoisotopic (exact) mass is 364 g/mol. The van der Waals surface area contributed by atoms with E-state index in [2.05, 4.69) is 36.4 Å². The number of aliphatic hydroxyl groups is 1. The van der Waals surface area contributed by atoms with Crippen molar-refractivity contribution in [3.8, 4) is 28.0 Å². The van der Waals surface area contributed by atoms with Gasteiger partial charge in [0.15, 0.2) is 0 Å². The molecule has 0 amide bonds. The lowest BCUT2D eigenvalue weighted by Crippen LogP contribution is -2.29. The molecule has 0 spiro atoms. The van der Waals surface area contributed by atoms with Gasteiger partial charge in [-0.2, -0.15) is 0 Å². The average molecular weight is 364 g/mol. The first-order valence-electron chi connectivity index (χ1n) is 9.39. The summed E-state index contributed by atoms with van der Waals surface area (Å²) < 4.78 is 5.32. The lowest BCUT2D eigenvalue weighted by Gasteiger charge is -2.31. The predicted molar refractivity (Wildman–Crippen MR) is 112 cm³/mol. The Balaban J connectivity index is 1.91. The van der Waals surface area contributed by atoms with Crippen molar-refractivity contribution in [3.05, 3.63) is 114 Å². The summed E-state index contributed by atoms with van der Waals surface area (Å²) in [6.07, 6.45) is 0. The van der Waals surface area contributed by atoms with E-state index in [1.165, 1.54) is 0 Å². The van der Waals surface area contributed by atoms with Gasteiger partial charge in [-0.05, 0) is 39.9 Å². The van der Waals surface area contributed by atoms with Gasteiger partial charge < -0.3 is 9.84 Å². The number of rotatable bonds is 2. The summed E-state index contributed by atoms with van der Waals surface area (Å²) in [7, 11) is 1.65. The van der Waals surface area contributed by atoms with Crippen molar-refractivity contribution in [1.82, 2.24) is 0 Å². The molecule has 1 aliphatic rings. The molecule has 0 aromatic heterocycles. The van der Waals surface area contributed by atoms with Crippen LogP contribution in [0.2, 0.25) is 0 Å². The topological polar surface area (TPSA) is 29.5 Å². The predicted octanol–water partition coefficient (Wildman–Crippen LogP) is 5.63. The van der Waals surface area contributed by atoms with Crippen LogP contribution in [0, 0.1) is 0 Å². The van der Waals surface area contributed by atoms with E-state index in [0.29, 0.717) is 0 Å². The van der Waals surface area contributed by atoms with Crippen LogP contribution < -0.4 is 4.74 Å². The molecule has 1 N–H and O–H groups in total. The Kier molecular flexibility index (Phi) is 3.81. The molecule has 2 nitrogen and oxygen atoms in total. The summed E-state index contributed by atoms with van der Waals surface area (Å²) in [6, 6.07) is 32.3. The molecule has 1 aliphatic carbocycles. The number of benzene rings is 4. The number of hydrogen-bond donors (Lipinski definition) is 1. The lowest BCUT2D eigenvalue weighted by atomic mass is 9.78. The van der Waals surface area contributed by atoms with Crippen molar-refractivity contribution in [2.45, 2.75) is 5.60 Å². The van der Waals surface area contributed by atoms with Gasteiger partial charge in [-0.1, -0.05) is 84.9 Å². The first-order valence-corrected chi connectivity index (χ1v) is 9.39. The molecule has 0 saturated carbocycles. The SMILES string of the molecule is COc1ccc(C2(O)c3ccccc3-c3ccccc3-c3ccccc32)cc1. The molecule has 4 aromatic rings. The molecular weight excluding hydrogens is 344 g/mol. The number of hydrogen-bond acceptors (Lipinski definition) is 2. The van der Waals surface area contributed by atoms with Gasteiger partial charge in [0, 0.05) is 11.1 Å². The minimum Gasteiger partial charge on any atom is -0.497 e. The van der Waals surface area contributed by atoms with Crippen molar-refractivity contribution >= 4 is 0 Å². The summed E-state index contributed by atoms with van der Waals surface area (Å²) in [5, 5.41) is 12.3. The van der Waals surface area contributed by atoms with Crippen LogP contribution in [0.15, 0.2) is 97.1 Å². The smallest absolute Gasteiger partial charge is 0.141 e. The Bertz CT molecular complexity index is 1090. The Morgan fingerprint density at radius 1 is 0.571 bits per heavy atom. The van der Waals surface area contributed by atoms with E-state index in [0.717, 1.165) is 44.7 Å². The van der Waals surface area contributed by atoms with E-state index < -0.39 is 5.60 Å². The number of fused-ring (bicyclic) bond motifs is 5. The van der Waals surface area contributed by atoms with Gasteiger partial charge in [0.1, 0.15) is 11.4 Å². The summed E-state index contributed by atoms with van der Waals surface area (Å²) in [6.45, 7) is 0. The molecule has 0 unspecified atom stereocenters. The molecule has 136 valence electrons. The van der Waals surface area contributed by atoms with Crippen LogP contribution >= 0.6 is 0 Å². The van der Waals surface area contributed by atoms with Crippen LogP contribution in [0.4, 0.5) is 0 Å². The molecule has 2 heteroatoms. The number of ether oxygens (including phenoxy) is 1. The second kappa shape index (κ2) is 6.36. The highest BCUT2D eigenvalue weighted by atomic mass is 16.5. The van der Waals surface area contributed by atoms with Crippen molar-refractivity contribution in [3.63, 3.8) is 0 Å². The van der Waals surface area contributed by atoms with Gasteiger partial charge in [-0.25, -0.2) is 0 Å². The van der Waals surface area contributed by atoms with Crippen molar-refractivity contribution in [2.75, 3.05) is 7.11 Å². The van der Waals surface area contributed by atoms with E-state index in [1.54, 1.807) is 7.11 Å². The second-order valence-electron chi connectivity index (χ2n) is 7.08. The van der Waals surface area contributed by atoms with Crippen LogP contribution in [0.3, 0.4) is 0 Å². The molecule has 28 heavy (non-hydrogen) atoms. The van der Waals surface area contributed by atoms with Crippen molar-refractivity contribution < 1.29 is 9.84 Å². The second-order valence-corrected chi connectivity index (χ2v) is 7.08. The van der Waals surface area contributed by atoms with E-state index in [1.807, 2.05) is 60.7 Å². The zero-order valence-corrected chi connectivity index (χ0v) is 15.6. The van der Waals surface area contributed by atoms with E-state index >= 15 is 0 Å². The molecule has 0 aliphatic heterocycles. The molecule has 5 rings (SSSR count). The Labute approximate surface area is 164 Å². The minimum absolute atomic E-state index is 0.769. The lowest BCUT2D eigenvalue weighted by molar-refractivity contribution is 0.127. The maximum Gasteiger partial charge on any atom is 0.141 e. The zero-order valence-electron chi connectivity index (χ0n) is 15.6. The van der Waals surface area contributed by atoms with E-state index in [9.17, 15) is 5.11 Å². The van der Waals surface area contributed by atoms with Crippen LogP contribution in [0.5, 0.6) is 5.75 Å². The van der Waals surface area contributed by atoms with Gasteiger partial charge in [0.2, 0.25) is 0 Å². The highest BCUT2D eigenvalue weighted by Crippen LogP contribution is 2.50. The highest BCUT2D eigenvalue weighted by Gasteiger charge is 2.40. The first kappa shape index (κ1) is 16.8. The molecule has 0 fully saturated rings. The van der Waals surface area contributed by atoms with Crippen molar-refractivity contribution in [1.29, 1.82) is 0 Å². The fourth-order valence-electron chi connectivity index (χ4n) is 4.31. The van der Waals surface area contributed by atoms with Crippen LogP contribution in [-0.4, -0.2) is 12.2 Å². The third-order valence-electron chi connectivity index (χ3n) is 5.65. The average Bonchev–Trinajstić information content (AvgIpc) is 2.87. The van der Waals surface area contributed by atoms with Gasteiger partial charge >= 0.3 is 0 Å². The van der Waals surface area contributed by atoms with Crippen LogP contribution in [0.1, 0.15) is 16.7 Å². The van der Waals surface area contributed by atoms with Gasteiger partial charge in [0.05, 0.1) is 7.11 Å². The third-order valence-corrected chi connectivity index (χ3v) is 5.65. The Morgan fingerprint density at radius 2 is 1.00 bits per heavy atom. The highest BCUT2D eigenvalue weighted by molar-refractivity contribution is 5.90. The quantitative estimate of drug-likeness (QED) is 0.500. The normalized spacial score (nSPS) is 13.6. The fourth-order valence-corrected chi connectivity index (χ4v) is 4.31. The molecule has 0 saturated heterocycles. The maximum atomic E-state index is 12.3. The van der Waals surface area contributed by atoms with Crippen LogP contribution in [-0.2, 0) is 5.60 Å². The standard InChI is InChI=1S/C26H20O2/c1-28-19-16-14-18(15-17-19)26(27)24-12-6-4-10-22(24)20-8-2-3-9-21(20)23-11-5-7-13-25(23)26/h2-17,27H,1H3. The largest absolute Gasteiger partial charge is 0.497 e. The molecule has 0 atom stereocenters. The van der Waals surface area contributed by atoms with E-state index in [4.69, 9.17) is 4.74 Å². The molecule has 0 radical (unpaired) electrons. The Morgan fingerprint density at radius 3 is 1.46 bits per heavy atom. The van der Waals surface area contributed by atoms with Crippen molar-refractivity contribution in [2.24, 2.45) is 0 Å². The van der Waals surface area contributed by atoms with Crippen LogP contribution in [0.25, 0.3) is 22.3 Å². The third kappa shape index (κ3) is 2.32. The maximum absolute atomic E-state index is 12.3. The number of methoxy groups -OCH3 is 1. The zero-order chi connectivity index (χ0) is 19.1. The summed E-state index contributed by atoms with van der Waals surface area (Å²) in [5.74, 6) is 0.769. The Hall–Kier alpha value is -3.36. The summed E-state index contributed by atoms with van der Waals surface area (Å²) in [5.41, 5.74) is 5.69. The molecule has 0 heterocycles.